The Morgan fingerprint density at radius 2 is 1.95 bits per heavy atom. The van der Waals surface area contributed by atoms with Crippen LogP contribution in [0.25, 0.3) is 5.69 Å². The third-order valence-electron chi connectivity index (χ3n) is 3.35. The van der Waals surface area contributed by atoms with Crippen molar-refractivity contribution in [3.05, 3.63) is 52.8 Å². The van der Waals surface area contributed by atoms with E-state index < -0.39 is 5.82 Å². The van der Waals surface area contributed by atoms with Gasteiger partial charge >= 0.3 is 0 Å². The van der Waals surface area contributed by atoms with Crippen LogP contribution in [-0.2, 0) is 0 Å². The highest BCUT2D eigenvalue weighted by Crippen LogP contribution is 2.12. The smallest absolute Gasteiger partial charge is 0.298 e. The molecule has 6 heteroatoms. The molecule has 1 aromatic heterocycles. The molecule has 1 aliphatic rings. The van der Waals surface area contributed by atoms with E-state index in [1.807, 2.05) is 4.90 Å². The van der Waals surface area contributed by atoms with Crippen molar-refractivity contribution in [3.8, 4) is 5.69 Å². The molecular weight excluding hydrogens is 259 g/mol. The number of rotatable bonds is 2. The summed E-state index contributed by atoms with van der Waals surface area (Å²) in [5.74, 6) is -0.0516. The number of nitrogens with one attached hydrogen (secondary N) is 1. The number of hydrogen-bond acceptors (Lipinski definition) is 4. The Balaban J connectivity index is 2.06. The number of anilines is 1. The zero-order chi connectivity index (χ0) is 13.9. The summed E-state index contributed by atoms with van der Waals surface area (Å²) < 4.78 is 15.1. The van der Waals surface area contributed by atoms with Crippen LogP contribution in [0.3, 0.4) is 0 Å². The van der Waals surface area contributed by atoms with Gasteiger partial charge in [-0.25, -0.2) is 9.37 Å². The maximum absolute atomic E-state index is 13.8. The molecule has 1 aromatic carbocycles. The summed E-state index contributed by atoms with van der Waals surface area (Å²) >= 11 is 0. The van der Waals surface area contributed by atoms with Crippen molar-refractivity contribution in [3.63, 3.8) is 0 Å². The van der Waals surface area contributed by atoms with E-state index in [4.69, 9.17) is 0 Å². The van der Waals surface area contributed by atoms with Gasteiger partial charge in [-0.1, -0.05) is 12.1 Å². The minimum Gasteiger partial charge on any atom is -0.349 e. The van der Waals surface area contributed by atoms with Crippen molar-refractivity contribution >= 4 is 5.82 Å². The van der Waals surface area contributed by atoms with Gasteiger partial charge in [0.1, 0.15) is 5.82 Å². The van der Waals surface area contributed by atoms with Gasteiger partial charge in [0.2, 0.25) is 0 Å². The lowest BCUT2D eigenvalue weighted by molar-refractivity contribution is 0.580. The van der Waals surface area contributed by atoms with Gasteiger partial charge in [-0.05, 0) is 12.1 Å². The Labute approximate surface area is 115 Å². The summed E-state index contributed by atoms with van der Waals surface area (Å²) in [4.78, 5) is 18.6. The van der Waals surface area contributed by atoms with E-state index in [9.17, 15) is 9.18 Å². The molecule has 0 spiro atoms. The number of nitrogens with zero attached hydrogens (tertiary/aromatic N) is 3. The van der Waals surface area contributed by atoms with Crippen LogP contribution in [0.1, 0.15) is 0 Å². The minimum absolute atomic E-state index is 0.247. The van der Waals surface area contributed by atoms with Gasteiger partial charge in [-0.2, -0.15) is 0 Å². The number of aromatic nitrogens is 2. The second-order valence-electron chi connectivity index (χ2n) is 4.61. The number of para-hydroxylation sites is 1. The van der Waals surface area contributed by atoms with Crippen LogP contribution < -0.4 is 15.8 Å². The number of hydrogen-bond donors (Lipinski definition) is 1. The van der Waals surface area contributed by atoms with Crippen molar-refractivity contribution in [1.29, 1.82) is 0 Å². The molecule has 1 N–H and O–H groups in total. The maximum Gasteiger partial charge on any atom is 0.298 e. The van der Waals surface area contributed by atoms with Crippen LogP contribution in [0, 0.1) is 5.82 Å². The molecule has 1 fully saturated rings. The first-order chi connectivity index (χ1) is 9.77. The minimum atomic E-state index is -0.424. The highest BCUT2D eigenvalue weighted by Gasteiger charge is 2.17. The lowest BCUT2D eigenvalue weighted by Gasteiger charge is -2.27. The van der Waals surface area contributed by atoms with Gasteiger partial charge in [0, 0.05) is 38.6 Å². The molecule has 1 saturated heterocycles. The first-order valence-electron chi connectivity index (χ1n) is 6.55. The Bertz CT molecular complexity index is 664. The Morgan fingerprint density at radius 3 is 2.70 bits per heavy atom. The van der Waals surface area contributed by atoms with Crippen LogP contribution in [0.5, 0.6) is 0 Å². The molecule has 0 radical (unpaired) electrons. The van der Waals surface area contributed by atoms with E-state index >= 15 is 0 Å². The van der Waals surface area contributed by atoms with Gasteiger partial charge in [0.25, 0.3) is 5.56 Å². The van der Waals surface area contributed by atoms with Crippen molar-refractivity contribution in [2.75, 3.05) is 31.1 Å². The van der Waals surface area contributed by atoms with E-state index in [0.29, 0.717) is 5.82 Å². The molecular formula is C14H15FN4O. The van der Waals surface area contributed by atoms with Gasteiger partial charge < -0.3 is 10.2 Å². The third kappa shape index (κ3) is 2.30. The fourth-order valence-electron chi connectivity index (χ4n) is 2.33. The summed E-state index contributed by atoms with van der Waals surface area (Å²) in [5, 5.41) is 3.22. The van der Waals surface area contributed by atoms with Crippen LogP contribution in [0.15, 0.2) is 41.5 Å². The largest absolute Gasteiger partial charge is 0.349 e. The fourth-order valence-corrected chi connectivity index (χ4v) is 2.33. The standard InChI is InChI=1S/C14H15FN4O/c15-11-3-1-2-4-12(11)19-10-7-17-13(14(19)20)18-8-5-16-6-9-18/h1-4,7,10,16H,5-6,8-9H2. The molecule has 0 saturated carbocycles. The van der Waals surface area contributed by atoms with Gasteiger partial charge in [-0.15, -0.1) is 0 Å². The van der Waals surface area contributed by atoms with Gasteiger partial charge in [0.05, 0.1) is 5.69 Å². The Morgan fingerprint density at radius 1 is 1.20 bits per heavy atom. The zero-order valence-electron chi connectivity index (χ0n) is 10.9. The molecule has 2 heterocycles. The first-order valence-corrected chi connectivity index (χ1v) is 6.55. The topological polar surface area (TPSA) is 50.2 Å². The van der Waals surface area contributed by atoms with Crippen molar-refractivity contribution < 1.29 is 4.39 Å². The number of piperazine rings is 1. The molecule has 0 atom stereocenters. The second kappa shape index (κ2) is 5.42. The second-order valence-corrected chi connectivity index (χ2v) is 4.61. The van der Waals surface area contributed by atoms with Crippen LogP contribution in [0.2, 0.25) is 0 Å². The molecule has 1 aliphatic heterocycles. The lowest BCUT2D eigenvalue weighted by Crippen LogP contribution is -2.46. The molecule has 5 nitrogen and oxygen atoms in total. The fraction of sp³-hybridized carbons (Fsp3) is 0.286. The lowest BCUT2D eigenvalue weighted by atomic mass is 10.3. The van der Waals surface area contributed by atoms with Gasteiger partial charge in [0.15, 0.2) is 5.82 Å². The van der Waals surface area contributed by atoms with Gasteiger partial charge in [-0.3, -0.25) is 9.36 Å². The molecule has 20 heavy (non-hydrogen) atoms. The molecule has 0 unspecified atom stereocenters. The van der Waals surface area contributed by atoms with E-state index in [2.05, 4.69) is 10.3 Å². The summed E-state index contributed by atoms with van der Waals surface area (Å²) in [6.07, 6.45) is 3.03. The monoisotopic (exact) mass is 274 g/mol. The van der Waals surface area contributed by atoms with E-state index in [1.54, 1.807) is 18.2 Å². The molecule has 2 aromatic rings. The van der Waals surface area contributed by atoms with Crippen LogP contribution in [0.4, 0.5) is 10.2 Å². The highest BCUT2D eigenvalue weighted by atomic mass is 19.1. The summed E-state index contributed by atoms with van der Waals surface area (Å²) in [6.45, 7) is 3.08. The van der Waals surface area contributed by atoms with E-state index in [0.717, 1.165) is 26.2 Å². The predicted molar refractivity (Wildman–Crippen MR) is 74.9 cm³/mol. The summed E-state index contributed by atoms with van der Waals surface area (Å²) in [7, 11) is 0. The Hall–Kier alpha value is -2.21. The highest BCUT2D eigenvalue weighted by molar-refractivity contribution is 5.41. The van der Waals surface area contributed by atoms with E-state index in [1.165, 1.54) is 23.0 Å². The van der Waals surface area contributed by atoms with Crippen molar-refractivity contribution in [1.82, 2.24) is 14.9 Å². The Kier molecular flexibility index (Phi) is 3.47. The SMILES string of the molecule is O=c1c(N2CCNCC2)nccn1-c1ccccc1F. The van der Waals surface area contributed by atoms with Crippen molar-refractivity contribution in [2.45, 2.75) is 0 Å². The average Bonchev–Trinajstić information content (AvgIpc) is 2.49. The average molecular weight is 274 g/mol. The molecule has 0 aliphatic carbocycles. The summed E-state index contributed by atoms with van der Waals surface area (Å²) in [6, 6.07) is 6.23. The number of benzene rings is 1. The quantitative estimate of drug-likeness (QED) is 0.879. The third-order valence-corrected chi connectivity index (χ3v) is 3.35. The molecule has 0 amide bonds. The van der Waals surface area contributed by atoms with Crippen LogP contribution >= 0.6 is 0 Å². The van der Waals surface area contributed by atoms with Crippen molar-refractivity contribution in [2.24, 2.45) is 0 Å². The molecule has 0 bridgehead atoms. The summed E-state index contributed by atoms with van der Waals surface area (Å²) in [5.41, 5.74) is -0.0456. The first kappa shape index (κ1) is 12.8. The predicted octanol–water partition coefficient (Wildman–Crippen LogP) is 0.781. The molecule has 104 valence electrons. The van der Waals surface area contributed by atoms with E-state index in [-0.39, 0.29) is 11.2 Å². The molecule has 3 rings (SSSR count). The maximum atomic E-state index is 13.8. The number of halogens is 1. The zero-order valence-corrected chi connectivity index (χ0v) is 10.9. The normalized spacial score (nSPS) is 15.3. The van der Waals surface area contributed by atoms with Crippen LogP contribution in [-0.4, -0.2) is 35.7 Å².